The number of halogens is 1. The molecule has 6 atom stereocenters. The molecule has 0 saturated carbocycles. The van der Waals surface area contributed by atoms with Gasteiger partial charge in [0.1, 0.15) is 18.4 Å². The minimum atomic E-state index is -1.62. The fraction of sp³-hybridized carbons (Fsp3) is 0.478. The SMILES string of the molecule is CO[C@H]1OCC([C@@H](F)CO)[C@@H](OCc2ccccc2)C(O)C1OCc1ccccc1. The van der Waals surface area contributed by atoms with E-state index < -0.39 is 43.3 Å². The molecule has 1 fully saturated rings. The van der Waals surface area contributed by atoms with Crippen LogP contribution >= 0.6 is 0 Å². The highest BCUT2D eigenvalue weighted by molar-refractivity contribution is 5.14. The minimum absolute atomic E-state index is 0.0814. The zero-order chi connectivity index (χ0) is 21.3. The molecule has 2 aromatic rings. The molecule has 1 heterocycles. The fourth-order valence-corrected chi connectivity index (χ4v) is 3.58. The van der Waals surface area contributed by atoms with Crippen molar-refractivity contribution in [3.8, 4) is 0 Å². The van der Waals surface area contributed by atoms with Crippen LogP contribution in [0.1, 0.15) is 11.1 Å². The average Bonchev–Trinajstić information content (AvgIpc) is 2.93. The lowest BCUT2D eigenvalue weighted by Gasteiger charge is -2.33. The Bertz CT molecular complexity index is 731. The largest absolute Gasteiger partial charge is 0.393 e. The van der Waals surface area contributed by atoms with Gasteiger partial charge in [0.15, 0.2) is 6.29 Å². The molecule has 1 aliphatic heterocycles. The molecule has 0 spiro atoms. The maximum atomic E-state index is 14.6. The Kier molecular flexibility index (Phi) is 8.74. The van der Waals surface area contributed by atoms with Gasteiger partial charge in [0, 0.05) is 13.0 Å². The topological polar surface area (TPSA) is 77.4 Å². The molecule has 7 heteroatoms. The summed E-state index contributed by atoms with van der Waals surface area (Å²) in [5.41, 5.74) is 1.80. The first-order valence-corrected chi connectivity index (χ1v) is 10.0. The molecule has 0 amide bonds. The molecule has 1 aliphatic rings. The van der Waals surface area contributed by atoms with E-state index in [1.54, 1.807) is 0 Å². The molecular formula is C23H29FO6. The van der Waals surface area contributed by atoms with Gasteiger partial charge >= 0.3 is 0 Å². The van der Waals surface area contributed by atoms with E-state index in [9.17, 15) is 14.6 Å². The number of alkyl halides is 1. The first-order valence-electron chi connectivity index (χ1n) is 10.0. The Balaban J connectivity index is 1.78. The van der Waals surface area contributed by atoms with Crippen LogP contribution < -0.4 is 0 Å². The van der Waals surface area contributed by atoms with Crippen molar-refractivity contribution in [3.63, 3.8) is 0 Å². The molecule has 3 rings (SSSR count). The second kappa shape index (κ2) is 11.5. The lowest BCUT2D eigenvalue weighted by molar-refractivity contribution is -0.218. The van der Waals surface area contributed by atoms with E-state index in [2.05, 4.69) is 0 Å². The van der Waals surface area contributed by atoms with Crippen molar-refractivity contribution >= 4 is 0 Å². The van der Waals surface area contributed by atoms with Gasteiger partial charge in [-0.05, 0) is 11.1 Å². The van der Waals surface area contributed by atoms with Crippen LogP contribution in [-0.4, -0.2) is 61.3 Å². The van der Waals surface area contributed by atoms with Gasteiger partial charge in [0.2, 0.25) is 0 Å². The van der Waals surface area contributed by atoms with Gasteiger partial charge in [-0.2, -0.15) is 0 Å². The third-order valence-corrected chi connectivity index (χ3v) is 5.26. The van der Waals surface area contributed by atoms with Crippen LogP contribution in [0.15, 0.2) is 60.7 Å². The summed E-state index contributed by atoms with van der Waals surface area (Å²) in [5.74, 6) is -0.878. The van der Waals surface area contributed by atoms with Gasteiger partial charge in [0.05, 0.1) is 32.5 Å². The van der Waals surface area contributed by atoms with E-state index in [1.807, 2.05) is 60.7 Å². The van der Waals surface area contributed by atoms with Gasteiger partial charge in [-0.3, -0.25) is 0 Å². The molecule has 2 aromatic carbocycles. The van der Waals surface area contributed by atoms with E-state index >= 15 is 0 Å². The molecule has 3 unspecified atom stereocenters. The number of benzene rings is 2. The number of rotatable bonds is 9. The maximum Gasteiger partial charge on any atom is 0.186 e. The Morgan fingerprint density at radius 1 is 0.967 bits per heavy atom. The van der Waals surface area contributed by atoms with Crippen LogP contribution in [0.5, 0.6) is 0 Å². The Morgan fingerprint density at radius 3 is 2.00 bits per heavy atom. The van der Waals surface area contributed by atoms with Crippen molar-refractivity contribution in [1.82, 2.24) is 0 Å². The van der Waals surface area contributed by atoms with Crippen LogP contribution in [-0.2, 0) is 32.2 Å². The van der Waals surface area contributed by atoms with Gasteiger partial charge in [-0.1, -0.05) is 60.7 Å². The number of aliphatic hydroxyl groups excluding tert-OH is 2. The molecule has 0 aromatic heterocycles. The molecule has 0 aliphatic carbocycles. The van der Waals surface area contributed by atoms with Crippen molar-refractivity contribution in [2.75, 3.05) is 20.3 Å². The molecule has 164 valence electrons. The van der Waals surface area contributed by atoms with Crippen molar-refractivity contribution in [2.45, 2.75) is 44.0 Å². The summed E-state index contributed by atoms with van der Waals surface area (Å²) in [7, 11) is 1.44. The van der Waals surface area contributed by atoms with E-state index in [4.69, 9.17) is 18.9 Å². The maximum absolute atomic E-state index is 14.6. The lowest BCUT2D eigenvalue weighted by atomic mass is 9.92. The van der Waals surface area contributed by atoms with E-state index in [1.165, 1.54) is 7.11 Å². The average molecular weight is 420 g/mol. The van der Waals surface area contributed by atoms with Crippen LogP contribution in [0, 0.1) is 5.92 Å². The zero-order valence-corrected chi connectivity index (χ0v) is 17.0. The Hall–Kier alpha value is -1.87. The predicted molar refractivity (Wildman–Crippen MR) is 108 cm³/mol. The first kappa shape index (κ1) is 22.8. The summed E-state index contributed by atoms with van der Waals surface area (Å²) in [6.07, 6.45) is -5.59. The van der Waals surface area contributed by atoms with Crippen molar-refractivity contribution < 1.29 is 33.6 Å². The molecule has 0 radical (unpaired) electrons. The van der Waals surface area contributed by atoms with Gasteiger partial charge in [-0.25, -0.2) is 4.39 Å². The van der Waals surface area contributed by atoms with E-state index in [0.717, 1.165) is 11.1 Å². The fourth-order valence-electron chi connectivity index (χ4n) is 3.58. The summed E-state index contributed by atoms with van der Waals surface area (Å²) >= 11 is 0. The van der Waals surface area contributed by atoms with Crippen molar-refractivity contribution in [3.05, 3.63) is 71.8 Å². The van der Waals surface area contributed by atoms with Crippen LogP contribution in [0.3, 0.4) is 0 Å². The summed E-state index contributed by atoms with van der Waals surface area (Å²) in [6, 6.07) is 18.9. The predicted octanol–water partition coefficient (Wildman–Crippen LogP) is 2.47. The number of aliphatic hydroxyl groups is 2. The van der Waals surface area contributed by atoms with Crippen LogP contribution in [0.4, 0.5) is 4.39 Å². The Morgan fingerprint density at radius 2 is 1.50 bits per heavy atom. The third kappa shape index (κ3) is 5.85. The van der Waals surface area contributed by atoms with Gasteiger partial charge < -0.3 is 29.2 Å². The zero-order valence-electron chi connectivity index (χ0n) is 17.0. The quantitative estimate of drug-likeness (QED) is 0.649. The van der Waals surface area contributed by atoms with Crippen molar-refractivity contribution in [1.29, 1.82) is 0 Å². The van der Waals surface area contributed by atoms with Gasteiger partial charge in [0.25, 0.3) is 0 Å². The van der Waals surface area contributed by atoms with E-state index in [0.29, 0.717) is 0 Å². The van der Waals surface area contributed by atoms with E-state index in [-0.39, 0.29) is 19.8 Å². The summed E-state index contributed by atoms with van der Waals surface area (Å²) in [4.78, 5) is 0. The summed E-state index contributed by atoms with van der Waals surface area (Å²) < 4.78 is 37.5. The normalized spacial score (nSPS) is 28.1. The number of methoxy groups -OCH3 is 1. The summed E-state index contributed by atoms with van der Waals surface area (Å²) in [5, 5.41) is 20.5. The van der Waals surface area contributed by atoms with Crippen molar-refractivity contribution in [2.24, 2.45) is 5.92 Å². The lowest BCUT2D eigenvalue weighted by Crippen LogP contribution is -2.49. The van der Waals surface area contributed by atoms with Crippen LogP contribution in [0.2, 0.25) is 0 Å². The summed E-state index contributed by atoms with van der Waals surface area (Å²) in [6.45, 7) is -0.373. The highest BCUT2D eigenvalue weighted by Gasteiger charge is 2.46. The second-order valence-electron chi connectivity index (χ2n) is 7.31. The number of hydrogen-bond donors (Lipinski definition) is 2. The molecule has 30 heavy (non-hydrogen) atoms. The molecule has 0 bridgehead atoms. The van der Waals surface area contributed by atoms with Crippen LogP contribution in [0.25, 0.3) is 0 Å². The molecule has 2 N–H and O–H groups in total. The smallest absolute Gasteiger partial charge is 0.186 e. The molecular weight excluding hydrogens is 391 g/mol. The highest BCUT2D eigenvalue weighted by atomic mass is 19.1. The Labute approximate surface area is 176 Å². The number of hydrogen-bond acceptors (Lipinski definition) is 6. The van der Waals surface area contributed by atoms with Gasteiger partial charge in [-0.15, -0.1) is 0 Å². The molecule has 6 nitrogen and oxygen atoms in total. The molecule has 1 saturated heterocycles. The third-order valence-electron chi connectivity index (χ3n) is 5.26. The minimum Gasteiger partial charge on any atom is -0.393 e. The highest BCUT2D eigenvalue weighted by Crippen LogP contribution is 2.30. The standard InChI is InChI=1S/C23H29FO6/c1-27-23-22(29-14-17-10-6-3-7-11-17)20(26)21(18(15-30-23)19(24)12-25)28-13-16-8-4-2-5-9-16/h2-11,18-23,25-26H,12-15H2,1H3/t18?,19-,20?,21+,22?,23-/m0/s1. The first-order chi connectivity index (χ1) is 14.6. The number of ether oxygens (including phenoxy) is 4. The second-order valence-corrected chi connectivity index (χ2v) is 7.31. The monoisotopic (exact) mass is 420 g/mol.